The topological polar surface area (TPSA) is 59.7 Å². The third-order valence-electron chi connectivity index (χ3n) is 3.16. The van der Waals surface area contributed by atoms with Gasteiger partial charge in [-0.15, -0.1) is 13.2 Å². The van der Waals surface area contributed by atoms with Crippen molar-refractivity contribution in [2.24, 2.45) is 0 Å². The number of carboxylic acids is 1. The van der Waals surface area contributed by atoms with E-state index in [9.17, 15) is 18.0 Å². The van der Waals surface area contributed by atoms with Crippen LogP contribution >= 0.6 is 0 Å². The first-order chi connectivity index (χ1) is 10.8. The van der Waals surface area contributed by atoms with Crippen LogP contribution in [0.5, 0.6) is 5.75 Å². The zero-order valence-electron chi connectivity index (χ0n) is 11.4. The van der Waals surface area contributed by atoms with Crippen LogP contribution in [0.1, 0.15) is 10.4 Å². The lowest BCUT2D eigenvalue weighted by Crippen LogP contribution is -2.16. The molecule has 0 unspecified atom stereocenters. The van der Waals surface area contributed by atoms with E-state index in [1.165, 1.54) is 18.2 Å². The molecule has 118 valence electrons. The Labute approximate surface area is 127 Å². The second kappa shape index (κ2) is 5.35. The number of hydrogen-bond donors (Lipinski definition) is 1. The van der Waals surface area contributed by atoms with E-state index in [1.807, 2.05) is 0 Å². The minimum Gasteiger partial charge on any atom is -0.478 e. The minimum absolute atomic E-state index is 0.0922. The molecule has 4 nitrogen and oxygen atoms in total. The van der Waals surface area contributed by atoms with Gasteiger partial charge in [0.1, 0.15) is 17.1 Å². The normalized spacial score (nSPS) is 11.6. The van der Waals surface area contributed by atoms with E-state index in [4.69, 9.17) is 9.52 Å². The van der Waals surface area contributed by atoms with E-state index in [0.29, 0.717) is 22.3 Å². The van der Waals surface area contributed by atoms with E-state index >= 15 is 0 Å². The molecule has 0 radical (unpaired) electrons. The summed E-state index contributed by atoms with van der Waals surface area (Å²) in [5.41, 5.74) is 0.983. The predicted octanol–water partition coefficient (Wildman–Crippen LogP) is 4.70. The maximum Gasteiger partial charge on any atom is 0.573 e. The van der Waals surface area contributed by atoms with Crippen molar-refractivity contribution >= 4 is 16.9 Å². The molecule has 7 heteroatoms. The highest BCUT2D eigenvalue weighted by Crippen LogP contribution is 2.31. The van der Waals surface area contributed by atoms with Crippen molar-refractivity contribution in [3.05, 3.63) is 54.1 Å². The summed E-state index contributed by atoms with van der Waals surface area (Å²) in [7, 11) is 0. The molecule has 1 aromatic heterocycles. The minimum atomic E-state index is -4.75. The van der Waals surface area contributed by atoms with Crippen LogP contribution in [-0.4, -0.2) is 17.4 Å². The highest BCUT2D eigenvalue weighted by Gasteiger charge is 2.31. The van der Waals surface area contributed by atoms with Crippen LogP contribution in [0, 0.1) is 0 Å². The summed E-state index contributed by atoms with van der Waals surface area (Å²) in [6, 6.07) is 11.3. The summed E-state index contributed by atoms with van der Waals surface area (Å²) in [6.07, 6.45) is -4.75. The number of carbonyl (C=O) groups is 1. The summed E-state index contributed by atoms with van der Waals surface area (Å²) in [5, 5.41) is 9.56. The fraction of sp³-hybridized carbons (Fsp3) is 0.0625. The van der Waals surface area contributed by atoms with Gasteiger partial charge in [0.15, 0.2) is 0 Å². The van der Waals surface area contributed by atoms with Crippen LogP contribution in [-0.2, 0) is 0 Å². The van der Waals surface area contributed by atoms with E-state index in [1.54, 1.807) is 18.2 Å². The molecule has 0 aliphatic carbocycles. The van der Waals surface area contributed by atoms with Crippen LogP contribution in [0.2, 0.25) is 0 Å². The number of furan rings is 1. The number of hydrogen-bond acceptors (Lipinski definition) is 3. The first-order valence-corrected chi connectivity index (χ1v) is 6.45. The monoisotopic (exact) mass is 322 g/mol. The van der Waals surface area contributed by atoms with Gasteiger partial charge in [0.25, 0.3) is 0 Å². The first kappa shape index (κ1) is 15.0. The average molecular weight is 322 g/mol. The number of fused-ring (bicyclic) bond motifs is 1. The lowest BCUT2D eigenvalue weighted by atomic mass is 10.1. The Kier molecular flexibility index (Phi) is 3.48. The molecule has 3 aromatic rings. The van der Waals surface area contributed by atoms with Gasteiger partial charge in [-0.3, -0.25) is 0 Å². The van der Waals surface area contributed by atoms with Gasteiger partial charge in [-0.1, -0.05) is 6.07 Å². The highest BCUT2D eigenvalue weighted by atomic mass is 19.4. The van der Waals surface area contributed by atoms with Crippen LogP contribution in [0.15, 0.2) is 52.9 Å². The van der Waals surface area contributed by atoms with Crippen LogP contribution in [0.25, 0.3) is 22.3 Å². The number of carboxylic acid groups (broad SMARTS) is 1. The van der Waals surface area contributed by atoms with Crippen LogP contribution in [0.4, 0.5) is 13.2 Å². The maximum absolute atomic E-state index is 12.1. The molecule has 0 saturated heterocycles. The number of alkyl halides is 3. The molecule has 1 N–H and O–H groups in total. The fourth-order valence-corrected chi connectivity index (χ4v) is 2.21. The fourth-order valence-electron chi connectivity index (χ4n) is 2.21. The van der Waals surface area contributed by atoms with Gasteiger partial charge >= 0.3 is 12.3 Å². The Morgan fingerprint density at radius 2 is 1.78 bits per heavy atom. The Morgan fingerprint density at radius 1 is 1.09 bits per heavy atom. The van der Waals surface area contributed by atoms with Gasteiger partial charge in [-0.25, -0.2) is 4.79 Å². The van der Waals surface area contributed by atoms with Gasteiger partial charge in [0, 0.05) is 10.9 Å². The lowest BCUT2D eigenvalue weighted by Gasteiger charge is -2.08. The molecule has 0 bridgehead atoms. The van der Waals surface area contributed by atoms with Crippen molar-refractivity contribution < 1.29 is 32.2 Å². The molecule has 0 saturated carbocycles. The van der Waals surface area contributed by atoms with Gasteiger partial charge in [0.2, 0.25) is 0 Å². The van der Waals surface area contributed by atoms with Crippen molar-refractivity contribution in [3.8, 4) is 17.1 Å². The van der Waals surface area contributed by atoms with Crippen molar-refractivity contribution in [1.29, 1.82) is 0 Å². The molecule has 3 rings (SSSR count). The summed E-state index contributed by atoms with van der Waals surface area (Å²) < 4.78 is 45.7. The van der Waals surface area contributed by atoms with Crippen LogP contribution < -0.4 is 4.74 Å². The summed E-state index contributed by atoms with van der Waals surface area (Å²) in [6.45, 7) is 0. The van der Waals surface area contributed by atoms with Crippen molar-refractivity contribution in [1.82, 2.24) is 0 Å². The quantitative estimate of drug-likeness (QED) is 0.759. The first-order valence-electron chi connectivity index (χ1n) is 6.45. The average Bonchev–Trinajstić information content (AvgIpc) is 2.89. The summed E-state index contributed by atoms with van der Waals surface area (Å²) in [4.78, 5) is 11.2. The number of rotatable bonds is 3. The smallest absolute Gasteiger partial charge is 0.478 e. The summed E-state index contributed by atoms with van der Waals surface area (Å²) >= 11 is 0. The van der Waals surface area contributed by atoms with E-state index < -0.39 is 12.3 Å². The molecule has 0 atom stereocenters. The number of benzene rings is 2. The summed E-state index contributed by atoms with van der Waals surface area (Å²) in [5.74, 6) is -1.08. The zero-order chi connectivity index (χ0) is 16.6. The lowest BCUT2D eigenvalue weighted by molar-refractivity contribution is -0.274. The molecule has 2 aromatic carbocycles. The standard InChI is InChI=1S/C16H9F3O4/c17-16(18,19)23-10-6-4-9(5-7-10)14-8-12-11(15(20)21)2-1-3-13(12)22-14/h1-8H,(H,20,21). The molecular formula is C16H9F3O4. The van der Waals surface area contributed by atoms with Gasteiger partial charge < -0.3 is 14.3 Å². The Morgan fingerprint density at radius 3 is 2.39 bits per heavy atom. The molecule has 0 aliphatic rings. The van der Waals surface area contributed by atoms with E-state index in [0.717, 1.165) is 12.1 Å². The largest absolute Gasteiger partial charge is 0.573 e. The molecule has 0 spiro atoms. The molecule has 1 heterocycles. The highest BCUT2D eigenvalue weighted by molar-refractivity contribution is 6.03. The van der Waals surface area contributed by atoms with E-state index in [2.05, 4.69) is 4.74 Å². The van der Waals surface area contributed by atoms with Crippen molar-refractivity contribution in [2.45, 2.75) is 6.36 Å². The molecule has 0 amide bonds. The maximum atomic E-state index is 12.1. The Hall–Kier alpha value is -2.96. The third kappa shape index (κ3) is 3.13. The van der Waals surface area contributed by atoms with Gasteiger partial charge in [-0.05, 0) is 42.5 Å². The Bertz CT molecular complexity index is 863. The molecule has 23 heavy (non-hydrogen) atoms. The number of ether oxygens (including phenoxy) is 1. The van der Waals surface area contributed by atoms with Crippen molar-refractivity contribution in [2.75, 3.05) is 0 Å². The van der Waals surface area contributed by atoms with Crippen molar-refractivity contribution in [3.63, 3.8) is 0 Å². The van der Waals surface area contributed by atoms with E-state index in [-0.39, 0.29) is 11.3 Å². The van der Waals surface area contributed by atoms with Gasteiger partial charge in [-0.2, -0.15) is 0 Å². The molecule has 0 fully saturated rings. The van der Waals surface area contributed by atoms with Crippen LogP contribution in [0.3, 0.4) is 0 Å². The predicted molar refractivity (Wildman–Crippen MR) is 75.3 cm³/mol. The van der Waals surface area contributed by atoms with Gasteiger partial charge in [0.05, 0.1) is 5.56 Å². The zero-order valence-corrected chi connectivity index (χ0v) is 11.4. The second-order valence-corrected chi connectivity index (χ2v) is 4.71. The number of halogens is 3. The Balaban J connectivity index is 1.97. The third-order valence-corrected chi connectivity index (χ3v) is 3.16. The second-order valence-electron chi connectivity index (χ2n) is 4.71. The molecular weight excluding hydrogens is 313 g/mol. The molecule has 0 aliphatic heterocycles. The number of aromatic carboxylic acids is 1. The SMILES string of the molecule is O=C(O)c1cccc2oc(-c3ccc(OC(F)(F)F)cc3)cc12.